The maximum atomic E-state index is 11.6. The van der Waals surface area contributed by atoms with Gasteiger partial charge in [0, 0.05) is 11.8 Å². The largest absolute Gasteiger partial charge is 0.440 e. The molecule has 2 aromatic rings. The summed E-state index contributed by atoms with van der Waals surface area (Å²) in [7, 11) is -3.39. The molecule has 0 saturated heterocycles. The number of alkyl halides is 1. The first-order valence-corrected chi connectivity index (χ1v) is 8.23. The number of halogens is 1. The summed E-state index contributed by atoms with van der Waals surface area (Å²) < 4.78 is 31.3. The van der Waals surface area contributed by atoms with Crippen LogP contribution in [0, 0.1) is 0 Å². The standard InChI is InChI=1S/C12H13ClN2O3S/c13-5-6-19(16,17)15-9-3-4-11-10(7-9)14-12(18-11)8-1-2-8/h3-4,7-8,15H,1-2,5-6H2. The number of sulfonamides is 1. The van der Waals surface area contributed by atoms with Gasteiger partial charge in [-0.1, -0.05) is 0 Å². The summed E-state index contributed by atoms with van der Waals surface area (Å²) in [4.78, 5) is 4.38. The minimum atomic E-state index is -3.39. The number of oxazole rings is 1. The van der Waals surface area contributed by atoms with Crippen LogP contribution in [0.1, 0.15) is 24.7 Å². The Balaban J connectivity index is 1.88. The van der Waals surface area contributed by atoms with Gasteiger partial charge in [0.25, 0.3) is 0 Å². The zero-order valence-electron chi connectivity index (χ0n) is 10.1. The number of fused-ring (bicyclic) bond motifs is 1. The molecular weight excluding hydrogens is 288 g/mol. The van der Waals surface area contributed by atoms with Crippen molar-refractivity contribution in [1.82, 2.24) is 4.98 Å². The van der Waals surface area contributed by atoms with Crippen molar-refractivity contribution in [1.29, 1.82) is 0 Å². The summed E-state index contributed by atoms with van der Waals surface area (Å²) in [5.41, 5.74) is 1.84. The normalized spacial score (nSPS) is 15.8. The molecule has 1 aliphatic rings. The van der Waals surface area contributed by atoms with E-state index in [9.17, 15) is 8.42 Å². The Morgan fingerprint density at radius 2 is 2.21 bits per heavy atom. The molecule has 5 nitrogen and oxygen atoms in total. The summed E-state index contributed by atoms with van der Waals surface area (Å²) in [5, 5.41) is 0. The molecule has 1 fully saturated rings. The number of aromatic nitrogens is 1. The molecule has 1 saturated carbocycles. The van der Waals surface area contributed by atoms with Crippen LogP contribution in [0.15, 0.2) is 22.6 Å². The maximum Gasteiger partial charge on any atom is 0.233 e. The summed E-state index contributed by atoms with van der Waals surface area (Å²) in [6.07, 6.45) is 2.23. The SMILES string of the molecule is O=S(=O)(CCCl)Nc1ccc2oc(C3CC3)nc2c1. The summed E-state index contributed by atoms with van der Waals surface area (Å²) in [6, 6.07) is 5.07. The molecule has 1 aromatic heterocycles. The fraction of sp³-hybridized carbons (Fsp3) is 0.417. The van der Waals surface area contributed by atoms with Gasteiger partial charge in [-0.25, -0.2) is 13.4 Å². The lowest BCUT2D eigenvalue weighted by Crippen LogP contribution is -2.17. The molecule has 102 valence electrons. The van der Waals surface area contributed by atoms with Crippen molar-refractivity contribution in [2.24, 2.45) is 0 Å². The van der Waals surface area contributed by atoms with Crippen molar-refractivity contribution >= 4 is 38.4 Å². The van der Waals surface area contributed by atoms with E-state index < -0.39 is 10.0 Å². The first kappa shape index (κ1) is 12.7. The lowest BCUT2D eigenvalue weighted by Gasteiger charge is -2.05. The molecule has 0 aliphatic heterocycles. The first-order valence-electron chi connectivity index (χ1n) is 6.04. The average Bonchev–Trinajstić information content (AvgIpc) is 3.09. The van der Waals surface area contributed by atoms with E-state index in [1.54, 1.807) is 18.2 Å². The van der Waals surface area contributed by atoms with E-state index in [0.29, 0.717) is 22.7 Å². The van der Waals surface area contributed by atoms with E-state index in [4.69, 9.17) is 16.0 Å². The van der Waals surface area contributed by atoms with E-state index in [0.717, 1.165) is 18.7 Å². The fourth-order valence-corrected chi connectivity index (χ4v) is 3.25. The van der Waals surface area contributed by atoms with E-state index in [2.05, 4.69) is 9.71 Å². The lowest BCUT2D eigenvalue weighted by atomic mass is 10.3. The number of rotatable bonds is 5. The second-order valence-corrected chi connectivity index (χ2v) is 6.84. The lowest BCUT2D eigenvalue weighted by molar-refractivity contribution is 0.533. The number of nitrogens with zero attached hydrogens (tertiary/aromatic N) is 1. The number of hydrogen-bond acceptors (Lipinski definition) is 4. The Kier molecular flexibility index (Phi) is 3.14. The molecule has 1 N–H and O–H groups in total. The summed E-state index contributed by atoms with van der Waals surface area (Å²) >= 11 is 5.45. The van der Waals surface area contributed by atoms with Gasteiger partial charge in [-0.15, -0.1) is 11.6 Å². The molecule has 0 amide bonds. The molecule has 0 unspecified atom stereocenters. The molecule has 0 radical (unpaired) electrons. The maximum absolute atomic E-state index is 11.6. The topological polar surface area (TPSA) is 72.2 Å². The van der Waals surface area contributed by atoms with Crippen molar-refractivity contribution in [2.75, 3.05) is 16.4 Å². The Hall–Kier alpha value is -1.27. The van der Waals surface area contributed by atoms with Crippen LogP contribution in [0.5, 0.6) is 0 Å². The highest BCUT2D eigenvalue weighted by molar-refractivity contribution is 7.92. The Labute approximate surface area is 116 Å². The molecule has 19 heavy (non-hydrogen) atoms. The highest BCUT2D eigenvalue weighted by Crippen LogP contribution is 2.40. The summed E-state index contributed by atoms with van der Waals surface area (Å²) in [5.74, 6) is 1.13. The van der Waals surface area contributed by atoms with Gasteiger partial charge in [-0.05, 0) is 31.0 Å². The second kappa shape index (κ2) is 4.68. The third-order valence-corrected chi connectivity index (χ3v) is 4.65. The van der Waals surface area contributed by atoms with E-state index in [1.165, 1.54) is 0 Å². The second-order valence-electron chi connectivity index (χ2n) is 4.62. The van der Waals surface area contributed by atoms with Crippen LogP contribution in [-0.4, -0.2) is 25.0 Å². The highest BCUT2D eigenvalue weighted by Gasteiger charge is 2.28. The van der Waals surface area contributed by atoms with Crippen LogP contribution < -0.4 is 4.72 Å². The molecule has 1 heterocycles. The quantitative estimate of drug-likeness (QED) is 0.862. The molecule has 0 spiro atoms. The summed E-state index contributed by atoms with van der Waals surface area (Å²) in [6.45, 7) is 0. The molecule has 7 heteroatoms. The van der Waals surface area contributed by atoms with Crippen LogP contribution in [0.3, 0.4) is 0 Å². The average molecular weight is 301 g/mol. The van der Waals surface area contributed by atoms with Gasteiger partial charge in [0.05, 0.1) is 11.4 Å². The minimum Gasteiger partial charge on any atom is -0.440 e. The van der Waals surface area contributed by atoms with Gasteiger partial charge < -0.3 is 4.42 Å². The molecular formula is C12H13ClN2O3S. The molecule has 0 bridgehead atoms. The van der Waals surface area contributed by atoms with Gasteiger partial charge in [0.15, 0.2) is 11.5 Å². The zero-order chi connectivity index (χ0) is 13.5. The third-order valence-electron chi connectivity index (χ3n) is 2.95. The number of hydrogen-bond donors (Lipinski definition) is 1. The van der Waals surface area contributed by atoms with Crippen molar-refractivity contribution < 1.29 is 12.8 Å². The highest BCUT2D eigenvalue weighted by atomic mass is 35.5. The predicted octanol–water partition coefficient (Wildman–Crippen LogP) is 2.69. The molecule has 1 aromatic carbocycles. The first-order chi connectivity index (χ1) is 9.07. The predicted molar refractivity (Wildman–Crippen MR) is 74.1 cm³/mol. The van der Waals surface area contributed by atoms with Crippen LogP contribution in [0.2, 0.25) is 0 Å². The molecule has 0 atom stereocenters. The Morgan fingerprint density at radius 3 is 2.89 bits per heavy atom. The number of anilines is 1. The van der Waals surface area contributed by atoms with Crippen molar-refractivity contribution in [2.45, 2.75) is 18.8 Å². The van der Waals surface area contributed by atoms with Gasteiger partial charge in [0.1, 0.15) is 5.52 Å². The molecule has 3 rings (SSSR count). The minimum absolute atomic E-state index is 0.0629. The van der Waals surface area contributed by atoms with Crippen LogP contribution in [-0.2, 0) is 10.0 Å². The number of nitrogens with one attached hydrogen (secondary N) is 1. The van der Waals surface area contributed by atoms with Crippen molar-refractivity contribution in [3.63, 3.8) is 0 Å². The molecule has 1 aliphatic carbocycles. The van der Waals surface area contributed by atoms with E-state index >= 15 is 0 Å². The Morgan fingerprint density at radius 1 is 1.42 bits per heavy atom. The van der Waals surface area contributed by atoms with Gasteiger partial charge in [-0.3, -0.25) is 4.72 Å². The smallest absolute Gasteiger partial charge is 0.233 e. The van der Waals surface area contributed by atoms with Gasteiger partial charge in [-0.2, -0.15) is 0 Å². The number of benzene rings is 1. The van der Waals surface area contributed by atoms with Crippen molar-refractivity contribution in [3.8, 4) is 0 Å². The van der Waals surface area contributed by atoms with E-state index in [-0.39, 0.29) is 11.6 Å². The van der Waals surface area contributed by atoms with E-state index in [1.807, 2.05) is 0 Å². The third kappa shape index (κ3) is 2.84. The Bertz CT molecular complexity index is 707. The van der Waals surface area contributed by atoms with Crippen LogP contribution in [0.25, 0.3) is 11.1 Å². The van der Waals surface area contributed by atoms with Crippen LogP contribution >= 0.6 is 11.6 Å². The van der Waals surface area contributed by atoms with Crippen LogP contribution in [0.4, 0.5) is 5.69 Å². The monoisotopic (exact) mass is 300 g/mol. The van der Waals surface area contributed by atoms with Gasteiger partial charge in [0.2, 0.25) is 10.0 Å². The van der Waals surface area contributed by atoms with Gasteiger partial charge >= 0.3 is 0 Å². The zero-order valence-corrected chi connectivity index (χ0v) is 11.7. The van der Waals surface area contributed by atoms with Crippen molar-refractivity contribution in [3.05, 3.63) is 24.1 Å². The fourth-order valence-electron chi connectivity index (χ4n) is 1.85.